The van der Waals surface area contributed by atoms with Gasteiger partial charge in [-0.05, 0) is 37.4 Å². The number of hydrogen-bond acceptors (Lipinski definition) is 3. The lowest BCUT2D eigenvalue weighted by Gasteiger charge is -2.34. The van der Waals surface area contributed by atoms with Crippen LogP contribution in [0.1, 0.15) is 13.8 Å². The standard InChI is InChI=1S/C20H25N3OS.BrH/c1-4-22(5-2)15-14-21(3)20(24)23-16-10-6-8-12-18(16)25-19-13-9-7-11-17(19)23;/h6-13H,4-5,14-15H2,1-3H3;1H. The number of likely N-dealkylation sites (N-methyl/N-ethyl adjacent to an activating group) is 2. The Bertz CT molecular complexity index is 706. The molecule has 3 rings (SSSR count). The average Bonchev–Trinajstić information content (AvgIpc) is 2.66. The quantitative estimate of drug-likeness (QED) is 0.640. The van der Waals surface area contributed by atoms with Gasteiger partial charge in [0.15, 0.2) is 0 Å². The number of urea groups is 1. The van der Waals surface area contributed by atoms with Crippen molar-refractivity contribution in [3.8, 4) is 0 Å². The molecular weight excluding hydrogens is 410 g/mol. The smallest absolute Gasteiger partial charge is 0.326 e. The van der Waals surface area contributed by atoms with Gasteiger partial charge < -0.3 is 9.80 Å². The first-order chi connectivity index (χ1) is 12.2. The van der Waals surface area contributed by atoms with Gasteiger partial charge in [0.2, 0.25) is 0 Å². The van der Waals surface area contributed by atoms with Crippen molar-refractivity contribution in [2.45, 2.75) is 23.6 Å². The summed E-state index contributed by atoms with van der Waals surface area (Å²) in [6.45, 7) is 7.92. The van der Waals surface area contributed by atoms with Gasteiger partial charge in [0.1, 0.15) is 0 Å². The Morgan fingerprint density at radius 2 is 1.42 bits per heavy atom. The lowest BCUT2D eigenvalue weighted by Crippen LogP contribution is -2.43. The van der Waals surface area contributed by atoms with Crippen LogP contribution < -0.4 is 4.90 Å². The average molecular weight is 436 g/mol. The van der Waals surface area contributed by atoms with Gasteiger partial charge >= 0.3 is 6.03 Å². The van der Waals surface area contributed by atoms with Crippen LogP contribution in [-0.4, -0.2) is 49.1 Å². The summed E-state index contributed by atoms with van der Waals surface area (Å²) in [5, 5.41) is 0. The van der Waals surface area contributed by atoms with Crippen LogP contribution >= 0.6 is 28.7 Å². The molecule has 0 bridgehead atoms. The Kier molecular flexibility index (Phi) is 7.55. The van der Waals surface area contributed by atoms with Crippen molar-refractivity contribution in [3.63, 3.8) is 0 Å². The molecule has 0 saturated carbocycles. The molecule has 0 aromatic heterocycles. The molecule has 0 atom stereocenters. The molecule has 0 radical (unpaired) electrons. The molecule has 140 valence electrons. The van der Waals surface area contributed by atoms with E-state index >= 15 is 0 Å². The van der Waals surface area contributed by atoms with E-state index < -0.39 is 0 Å². The molecule has 6 heteroatoms. The topological polar surface area (TPSA) is 26.8 Å². The van der Waals surface area contributed by atoms with E-state index in [0.29, 0.717) is 6.54 Å². The minimum Gasteiger partial charge on any atom is -0.326 e. The highest BCUT2D eigenvalue weighted by atomic mass is 79.9. The zero-order valence-electron chi connectivity index (χ0n) is 15.5. The first-order valence-electron chi connectivity index (χ1n) is 8.79. The molecule has 2 aromatic carbocycles. The summed E-state index contributed by atoms with van der Waals surface area (Å²) in [7, 11) is 1.89. The van der Waals surface area contributed by atoms with Crippen molar-refractivity contribution < 1.29 is 4.79 Å². The third-order valence-corrected chi connectivity index (χ3v) is 5.73. The molecule has 4 nitrogen and oxygen atoms in total. The number of amides is 2. The largest absolute Gasteiger partial charge is 0.328 e. The first kappa shape index (κ1) is 20.8. The second kappa shape index (κ2) is 9.44. The fourth-order valence-corrected chi connectivity index (χ4v) is 4.07. The number of carbonyl (C=O) groups is 1. The Morgan fingerprint density at radius 1 is 0.923 bits per heavy atom. The fourth-order valence-electron chi connectivity index (χ4n) is 3.01. The van der Waals surface area contributed by atoms with E-state index in [2.05, 4.69) is 30.9 Å². The predicted molar refractivity (Wildman–Crippen MR) is 115 cm³/mol. The number of anilines is 2. The third-order valence-electron chi connectivity index (χ3n) is 4.60. The van der Waals surface area contributed by atoms with Crippen LogP contribution in [-0.2, 0) is 0 Å². The molecule has 0 spiro atoms. The summed E-state index contributed by atoms with van der Waals surface area (Å²) in [5.74, 6) is 0. The minimum absolute atomic E-state index is 0. The van der Waals surface area contributed by atoms with E-state index in [4.69, 9.17) is 0 Å². The van der Waals surface area contributed by atoms with E-state index in [-0.39, 0.29) is 23.0 Å². The maximum Gasteiger partial charge on any atom is 0.328 e. The van der Waals surface area contributed by atoms with E-state index in [0.717, 1.165) is 40.8 Å². The van der Waals surface area contributed by atoms with Crippen LogP contribution in [0.2, 0.25) is 0 Å². The number of para-hydroxylation sites is 2. The van der Waals surface area contributed by atoms with E-state index in [1.165, 1.54) is 0 Å². The molecular formula is C20H26BrN3OS. The van der Waals surface area contributed by atoms with Crippen LogP contribution in [0.25, 0.3) is 0 Å². The number of halogens is 1. The SMILES string of the molecule is Br.CCN(CC)CCN(C)C(=O)N1c2ccccc2Sc2ccccc21. The Balaban J connectivity index is 0.00000243. The fraction of sp³-hybridized carbons (Fsp3) is 0.350. The number of carbonyl (C=O) groups excluding carboxylic acids is 1. The number of rotatable bonds is 5. The van der Waals surface area contributed by atoms with Gasteiger partial charge in [-0.25, -0.2) is 4.79 Å². The highest BCUT2D eigenvalue weighted by Crippen LogP contribution is 2.48. The Labute approximate surface area is 170 Å². The van der Waals surface area contributed by atoms with E-state index in [1.807, 2.05) is 53.2 Å². The molecule has 26 heavy (non-hydrogen) atoms. The zero-order chi connectivity index (χ0) is 17.8. The normalized spacial score (nSPS) is 12.2. The van der Waals surface area contributed by atoms with Crippen LogP contribution in [0.4, 0.5) is 16.2 Å². The second-order valence-electron chi connectivity index (χ2n) is 6.10. The summed E-state index contributed by atoms with van der Waals surface area (Å²) in [5.41, 5.74) is 1.93. The van der Waals surface area contributed by atoms with Crippen molar-refractivity contribution in [2.24, 2.45) is 0 Å². The molecule has 1 heterocycles. The van der Waals surface area contributed by atoms with Gasteiger partial charge in [0.25, 0.3) is 0 Å². The lowest BCUT2D eigenvalue weighted by atomic mass is 10.2. The van der Waals surface area contributed by atoms with Crippen molar-refractivity contribution in [2.75, 3.05) is 38.1 Å². The van der Waals surface area contributed by atoms with Gasteiger partial charge in [-0.2, -0.15) is 0 Å². The van der Waals surface area contributed by atoms with Crippen molar-refractivity contribution >= 4 is 46.1 Å². The third kappa shape index (κ3) is 4.24. The Hall–Kier alpha value is -1.50. The van der Waals surface area contributed by atoms with Crippen LogP contribution in [0, 0.1) is 0 Å². The maximum atomic E-state index is 13.2. The molecule has 2 amide bonds. The summed E-state index contributed by atoms with van der Waals surface area (Å²) in [6.07, 6.45) is 0. The summed E-state index contributed by atoms with van der Waals surface area (Å²) < 4.78 is 0. The summed E-state index contributed by atoms with van der Waals surface area (Å²) >= 11 is 1.72. The molecule has 2 aromatic rings. The van der Waals surface area contributed by atoms with Gasteiger partial charge in [0, 0.05) is 29.9 Å². The van der Waals surface area contributed by atoms with Gasteiger partial charge in [-0.1, -0.05) is 49.9 Å². The van der Waals surface area contributed by atoms with E-state index in [1.54, 1.807) is 11.8 Å². The van der Waals surface area contributed by atoms with Gasteiger partial charge in [-0.3, -0.25) is 4.90 Å². The molecule has 0 N–H and O–H groups in total. The molecule has 0 saturated heterocycles. The molecule has 1 aliphatic rings. The monoisotopic (exact) mass is 435 g/mol. The highest BCUT2D eigenvalue weighted by Gasteiger charge is 2.29. The van der Waals surface area contributed by atoms with Crippen LogP contribution in [0.3, 0.4) is 0 Å². The van der Waals surface area contributed by atoms with E-state index in [9.17, 15) is 4.79 Å². The number of nitrogens with zero attached hydrogens (tertiary/aromatic N) is 3. The lowest BCUT2D eigenvalue weighted by molar-refractivity contribution is 0.205. The van der Waals surface area contributed by atoms with Gasteiger partial charge in [0.05, 0.1) is 11.4 Å². The predicted octanol–water partition coefficient (Wildman–Crippen LogP) is 5.26. The molecule has 0 fully saturated rings. The maximum absolute atomic E-state index is 13.2. The zero-order valence-corrected chi connectivity index (χ0v) is 18.0. The Morgan fingerprint density at radius 3 is 1.92 bits per heavy atom. The second-order valence-corrected chi connectivity index (χ2v) is 7.19. The van der Waals surface area contributed by atoms with Crippen LogP contribution in [0.15, 0.2) is 58.3 Å². The van der Waals surface area contributed by atoms with Crippen LogP contribution in [0.5, 0.6) is 0 Å². The van der Waals surface area contributed by atoms with Crippen molar-refractivity contribution in [1.82, 2.24) is 9.80 Å². The molecule has 1 aliphatic heterocycles. The van der Waals surface area contributed by atoms with Crippen molar-refractivity contribution in [3.05, 3.63) is 48.5 Å². The first-order valence-corrected chi connectivity index (χ1v) is 9.60. The number of hydrogen-bond donors (Lipinski definition) is 0. The summed E-state index contributed by atoms with van der Waals surface area (Å²) in [4.78, 5) is 21.5. The minimum atomic E-state index is 0. The highest BCUT2D eigenvalue weighted by molar-refractivity contribution is 8.93. The van der Waals surface area contributed by atoms with Gasteiger partial charge in [-0.15, -0.1) is 17.0 Å². The summed E-state index contributed by atoms with van der Waals surface area (Å²) in [6, 6.07) is 16.2. The number of benzene rings is 2. The van der Waals surface area contributed by atoms with Crippen molar-refractivity contribution in [1.29, 1.82) is 0 Å². The number of fused-ring (bicyclic) bond motifs is 2. The molecule has 0 unspecified atom stereocenters. The molecule has 0 aliphatic carbocycles.